The summed E-state index contributed by atoms with van der Waals surface area (Å²) >= 11 is 0. The number of ether oxygens (including phenoxy) is 1. The lowest BCUT2D eigenvalue weighted by Gasteiger charge is -2.16. The number of aliphatic imine (C=N–C) groups is 1. The summed E-state index contributed by atoms with van der Waals surface area (Å²) in [5.74, 6) is 0.608. The maximum Gasteiger partial charge on any atom is 0.416 e. The van der Waals surface area contributed by atoms with Crippen LogP contribution in [0.1, 0.15) is 17.5 Å². The van der Waals surface area contributed by atoms with Crippen LogP contribution in [-0.2, 0) is 19.3 Å². The predicted octanol–water partition coefficient (Wildman–Crippen LogP) is 2.67. The Labute approximate surface area is 150 Å². The number of rotatable bonds is 7. The fraction of sp³-hybridized carbons (Fsp3) is 0.412. The Morgan fingerprint density at radius 3 is 2.73 bits per heavy atom. The Morgan fingerprint density at radius 2 is 2.12 bits per heavy atom. The molecule has 1 aromatic heterocycles. The van der Waals surface area contributed by atoms with Crippen molar-refractivity contribution in [3.63, 3.8) is 0 Å². The van der Waals surface area contributed by atoms with Crippen molar-refractivity contribution >= 4 is 5.96 Å². The van der Waals surface area contributed by atoms with Crippen LogP contribution in [0.4, 0.5) is 13.2 Å². The van der Waals surface area contributed by atoms with E-state index in [1.54, 1.807) is 13.2 Å². The lowest BCUT2D eigenvalue weighted by molar-refractivity contribution is -0.138. The Kier molecular flexibility index (Phi) is 6.88. The van der Waals surface area contributed by atoms with Crippen molar-refractivity contribution in [2.24, 2.45) is 4.99 Å². The topological polar surface area (TPSA) is 63.5 Å². The highest BCUT2D eigenvalue weighted by atomic mass is 19.4. The van der Waals surface area contributed by atoms with Crippen molar-refractivity contribution in [3.05, 3.63) is 47.8 Å². The smallest absolute Gasteiger partial charge is 0.416 e. The summed E-state index contributed by atoms with van der Waals surface area (Å²) in [7, 11) is 2.91. The largest absolute Gasteiger partial charge is 0.497 e. The molecular formula is C17H22F3N5O. The number of methoxy groups -OCH3 is 1. The van der Waals surface area contributed by atoms with Gasteiger partial charge in [-0.2, -0.15) is 18.3 Å². The Morgan fingerprint density at radius 1 is 1.31 bits per heavy atom. The van der Waals surface area contributed by atoms with Gasteiger partial charge in [-0.1, -0.05) is 6.07 Å². The molecule has 0 aliphatic rings. The van der Waals surface area contributed by atoms with E-state index in [0.29, 0.717) is 12.5 Å². The molecule has 26 heavy (non-hydrogen) atoms. The zero-order valence-electron chi connectivity index (χ0n) is 14.7. The van der Waals surface area contributed by atoms with Crippen LogP contribution in [0.2, 0.25) is 0 Å². The average molecular weight is 369 g/mol. The minimum absolute atomic E-state index is 0.00231. The minimum Gasteiger partial charge on any atom is -0.497 e. The highest BCUT2D eigenvalue weighted by molar-refractivity contribution is 5.79. The number of alkyl halides is 3. The molecule has 9 heteroatoms. The van der Waals surface area contributed by atoms with Crippen molar-refractivity contribution in [1.29, 1.82) is 0 Å². The van der Waals surface area contributed by atoms with Crippen molar-refractivity contribution in [2.75, 3.05) is 20.7 Å². The van der Waals surface area contributed by atoms with Crippen LogP contribution in [0.25, 0.3) is 0 Å². The summed E-state index contributed by atoms with van der Waals surface area (Å²) in [6.45, 7) is 1.36. The fourth-order valence-electron chi connectivity index (χ4n) is 2.38. The number of guanidine groups is 1. The molecule has 0 saturated carbocycles. The zero-order valence-corrected chi connectivity index (χ0v) is 14.7. The monoisotopic (exact) mass is 369 g/mol. The maximum absolute atomic E-state index is 13.2. The van der Waals surface area contributed by atoms with Crippen LogP contribution in [0.15, 0.2) is 41.7 Å². The number of nitrogens with zero attached hydrogens (tertiary/aromatic N) is 3. The van der Waals surface area contributed by atoms with Gasteiger partial charge in [-0.15, -0.1) is 0 Å². The SMILES string of the molecule is CN=C(NCCCn1cccn1)NCc1ccc(OC)cc1C(F)(F)F. The van der Waals surface area contributed by atoms with Gasteiger partial charge in [0.25, 0.3) is 0 Å². The highest BCUT2D eigenvalue weighted by Gasteiger charge is 2.33. The van der Waals surface area contributed by atoms with Gasteiger partial charge in [0.05, 0.1) is 12.7 Å². The lowest BCUT2D eigenvalue weighted by Crippen LogP contribution is -2.38. The first-order valence-electron chi connectivity index (χ1n) is 8.10. The quantitative estimate of drug-likeness (QED) is 0.448. The molecule has 0 atom stereocenters. The number of benzene rings is 1. The van der Waals surface area contributed by atoms with E-state index in [9.17, 15) is 13.2 Å². The molecule has 0 spiro atoms. The van der Waals surface area contributed by atoms with Crippen LogP contribution in [0.3, 0.4) is 0 Å². The molecule has 1 heterocycles. The normalized spacial score (nSPS) is 12.1. The number of aryl methyl sites for hydroxylation is 1. The van der Waals surface area contributed by atoms with Gasteiger partial charge in [0, 0.05) is 39.1 Å². The fourth-order valence-corrected chi connectivity index (χ4v) is 2.38. The molecule has 0 radical (unpaired) electrons. The highest BCUT2D eigenvalue weighted by Crippen LogP contribution is 2.34. The predicted molar refractivity (Wildman–Crippen MR) is 93.0 cm³/mol. The number of aromatic nitrogens is 2. The molecule has 0 aliphatic heterocycles. The zero-order chi connectivity index (χ0) is 19.0. The van der Waals surface area contributed by atoms with Crippen LogP contribution in [-0.4, -0.2) is 36.4 Å². The van der Waals surface area contributed by atoms with Crippen molar-refractivity contribution < 1.29 is 17.9 Å². The average Bonchev–Trinajstić information content (AvgIpc) is 3.13. The number of nitrogens with one attached hydrogen (secondary N) is 2. The first kappa shape index (κ1) is 19.6. The Balaban J connectivity index is 1.89. The van der Waals surface area contributed by atoms with E-state index in [2.05, 4.69) is 20.7 Å². The van der Waals surface area contributed by atoms with E-state index in [1.807, 2.05) is 16.9 Å². The van der Waals surface area contributed by atoms with Crippen LogP contribution < -0.4 is 15.4 Å². The van der Waals surface area contributed by atoms with E-state index >= 15 is 0 Å². The summed E-state index contributed by atoms with van der Waals surface area (Å²) in [5, 5.41) is 10.1. The molecule has 2 aromatic rings. The number of hydrogen-bond donors (Lipinski definition) is 2. The van der Waals surface area contributed by atoms with Gasteiger partial charge in [0.1, 0.15) is 5.75 Å². The van der Waals surface area contributed by atoms with E-state index in [0.717, 1.165) is 19.0 Å². The number of hydrogen-bond acceptors (Lipinski definition) is 3. The third-order valence-corrected chi connectivity index (χ3v) is 3.71. The minimum atomic E-state index is -4.45. The van der Waals surface area contributed by atoms with Gasteiger partial charge in [0.2, 0.25) is 0 Å². The summed E-state index contributed by atoms with van der Waals surface area (Å²) in [6.07, 6.45) is -0.0681. The molecule has 0 unspecified atom stereocenters. The molecule has 0 saturated heterocycles. The summed E-state index contributed by atoms with van der Waals surface area (Å²) in [5.41, 5.74) is -0.601. The van der Waals surface area contributed by atoms with Crippen LogP contribution in [0.5, 0.6) is 5.75 Å². The van der Waals surface area contributed by atoms with Gasteiger partial charge in [0.15, 0.2) is 5.96 Å². The molecule has 0 aliphatic carbocycles. The third kappa shape index (κ3) is 5.68. The Hall–Kier alpha value is -2.71. The van der Waals surface area contributed by atoms with Gasteiger partial charge < -0.3 is 15.4 Å². The maximum atomic E-state index is 13.2. The van der Waals surface area contributed by atoms with E-state index in [4.69, 9.17) is 4.74 Å². The molecule has 0 bridgehead atoms. The second kappa shape index (κ2) is 9.12. The van der Waals surface area contributed by atoms with E-state index in [-0.39, 0.29) is 17.9 Å². The van der Waals surface area contributed by atoms with Gasteiger partial charge in [-0.25, -0.2) is 0 Å². The molecule has 0 fully saturated rings. The second-order valence-electron chi connectivity index (χ2n) is 5.50. The molecule has 2 N–H and O–H groups in total. The number of halogens is 3. The van der Waals surface area contributed by atoms with Crippen molar-refractivity contribution in [3.8, 4) is 5.75 Å². The second-order valence-corrected chi connectivity index (χ2v) is 5.50. The summed E-state index contributed by atoms with van der Waals surface area (Å²) < 4.78 is 46.3. The van der Waals surface area contributed by atoms with Gasteiger partial charge in [-0.3, -0.25) is 9.67 Å². The van der Waals surface area contributed by atoms with E-state index in [1.165, 1.54) is 19.2 Å². The van der Waals surface area contributed by atoms with Crippen molar-refractivity contribution in [2.45, 2.75) is 25.7 Å². The van der Waals surface area contributed by atoms with E-state index < -0.39 is 11.7 Å². The standard InChI is InChI=1S/C17H22F3N5O/c1-21-16(22-7-3-9-25-10-4-8-24-25)23-12-13-5-6-14(26-2)11-15(13)17(18,19)20/h4-6,8,10-11H,3,7,9,12H2,1-2H3,(H2,21,22,23). The van der Waals surface area contributed by atoms with Gasteiger partial charge >= 0.3 is 6.18 Å². The molecule has 142 valence electrons. The molecular weight excluding hydrogens is 347 g/mol. The Bertz CT molecular complexity index is 714. The molecule has 1 aromatic carbocycles. The lowest BCUT2D eigenvalue weighted by atomic mass is 10.1. The molecule has 6 nitrogen and oxygen atoms in total. The first-order valence-corrected chi connectivity index (χ1v) is 8.10. The first-order chi connectivity index (χ1) is 12.4. The molecule has 2 rings (SSSR count). The third-order valence-electron chi connectivity index (χ3n) is 3.71. The molecule has 0 amide bonds. The van der Waals surface area contributed by atoms with Crippen LogP contribution in [0, 0.1) is 0 Å². The van der Waals surface area contributed by atoms with Gasteiger partial charge in [-0.05, 0) is 30.2 Å². The summed E-state index contributed by atoms with van der Waals surface area (Å²) in [6, 6.07) is 5.75. The van der Waals surface area contributed by atoms with Crippen molar-refractivity contribution in [1.82, 2.24) is 20.4 Å². The summed E-state index contributed by atoms with van der Waals surface area (Å²) in [4.78, 5) is 4.03. The van der Waals surface area contributed by atoms with Crippen LogP contribution >= 0.6 is 0 Å².